The number of imidazole rings is 1. The molecule has 0 fully saturated rings. The lowest BCUT2D eigenvalue weighted by atomic mass is 9.76. The van der Waals surface area contributed by atoms with Crippen molar-refractivity contribution in [1.82, 2.24) is 14.3 Å². The van der Waals surface area contributed by atoms with E-state index in [0.717, 1.165) is 48.9 Å². The average molecular weight is 374 g/mol. The summed E-state index contributed by atoms with van der Waals surface area (Å²) in [5.74, 6) is 0.185. The maximum atomic E-state index is 12.6. The summed E-state index contributed by atoms with van der Waals surface area (Å²) >= 11 is 0. The van der Waals surface area contributed by atoms with Crippen molar-refractivity contribution < 1.29 is 17.9 Å². The smallest absolute Gasteiger partial charge is 0.333 e. The lowest BCUT2D eigenvalue weighted by Crippen LogP contribution is -2.36. The Balaban J connectivity index is 1.39. The van der Waals surface area contributed by atoms with E-state index in [1.165, 1.54) is 17.5 Å². The molecule has 3 aliphatic rings. The number of hydrogen-bond acceptors (Lipinski definition) is 5. The maximum absolute atomic E-state index is 12.6. The standard InChI is InChI=1S/C17H18N4O4S/c22-17(19-14-12-4-2-10(12)8-11-3-5-13(11)14)20-26(23,24)15-16-21(9-18-15)6-1-7-25-16/h8-9H,1-7H2,(H2,19,20,22). The van der Waals surface area contributed by atoms with Crippen molar-refractivity contribution in [1.29, 1.82) is 0 Å². The number of anilines is 1. The number of benzene rings is 1. The van der Waals surface area contributed by atoms with Gasteiger partial charge in [0.2, 0.25) is 10.9 Å². The molecule has 2 heterocycles. The summed E-state index contributed by atoms with van der Waals surface area (Å²) in [6.45, 7) is 1.08. The molecule has 8 nitrogen and oxygen atoms in total. The molecule has 26 heavy (non-hydrogen) atoms. The fourth-order valence-corrected chi connectivity index (χ4v) is 4.76. The summed E-state index contributed by atoms with van der Waals surface area (Å²) in [4.78, 5) is 16.3. The first-order chi connectivity index (χ1) is 12.5. The number of aromatic nitrogens is 2. The van der Waals surface area contributed by atoms with E-state index in [9.17, 15) is 13.2 Å². The molecule has 1 aromatic carbocycles. The topological polar surface area (TPSA) is 102 Å². The van der Waals surface area contributed by atoms with Crippen LogP contribution in [0.1, 0.15) is 28.7 Å². The third-order valence-corrected chi connectivity index (χ3v) is 6.52. The molecule has 0 spiro atoms. The van der Waals surface area contributed by atoms with E-state index in [1.807, 2.05) is 0 Å². The molecule has 2 amide bonds. The molecule has 0 bridgehead atoms. The summed E-state index contributed by atoms with van der Waals surface area (Å²) in [6, 6.07) is 1.43. The lowest BCUT2D eigenvalue weighted by molar-refractivity contribution is 0.234. The van der Waals surface area contributed by atoms with Crippen molar-refractivity contribution in [2.24, 2.45) is 0 Å². The zero-order valence-corrected chi connectivity index (χ0v) is 14.9. The SMILES string of the molecule is O=C(Nc1c2c(cc3c1CC3)CC2)NS(=O)(=O)c1ncn2c1OCCC2. The lowest BCUT2D eigenvalue weighted by Gasteiger charge is -2.32. The number of carbonyl (C=O) groups is 1. The highest BCUT2D eigenvalue weighted by atomic mass is 32.2. The van der Waals surface area contributed by atoms with Gasteiger partial charge in [-0.1, -0.05) is 6.07 Å². The van der Waals surface area contributed by atoms with Crippen LogP contribution in [-0.2, 0) is 42.3 Å². The van der Waals surface area contributed by atoms with E-state index in [2.05, 4.69) is 21.1 Å². The van der Waals surface area contributed by atoms with Crippen molar-refractivity contribution in [3.05, 3.63) is 34.6 Å². The molecule has 0 saturated carbocycles. The van der Waals surface area contributed by atoms with Crippen molar-refractivity contribution in [2.75, 3.05) is 11.9 Å². The van der Waals surface area contributed by atoms with Crippen LogP contribution in [0.25, 0.3) is 0 Å². The van der Waals surface area contributed by atoms with E-state index in [-0.39, 0.29) is 10.9 Å². The number of nitrogens with zero attached hydrogens (tertiary/aromatic N) is 2. The summed E-state index contributed by atoms with van der Waals surface area (Å²) in [7, 11) is -4.11. The number of ether oxygens (including phenoxy) is 1. The largest absolute Gasteiger partial charge is 0.477 e. The number of sulfonamides is 1. The van der Waals surface area contributed by atoms with Crippen LogP contribution in [0.3, 0.4) is 0 Å². The van der Waals surface area contributed by atoms with Gasteiger partial charge in [0.25, 0.3) is 10.0 Å². The van der Waals surface area contributed by atoms with Gasteiger partial charge < -0.3 is 14.6 Å². The number of fused-ring (bicyclic) bond motifs is 3. The van der Waals surface area contributed by atoms with Gasteiger partial charge in [-0.2, -0.15) is 8.42 Å². The van der Waals surface area contributed by atoms with Gasteiger partial charge in [-0.25, -0.2) is 14.5 Å². The van der Waals surface area contributed by atoms with Gasteiger partial charge in [0, 0.05) is 12.2 Å². The van der Waals surface area contributed by atoms with Crippen LogP contribution >= 0.6 is 0 Å². The number of carbonyl (C=O) groups excluding carboxylic acids is 1. The Morgan fingerprint density at radius 2 is 1.88 bits per heavy atom. The summed E-state index contributed by atoms with van der Waals surface area (Å²) in [5, 5.41) is 2.51. The monoisotopic (exact) mass is 374 g/mol. The highest BCUT2D eigenvalue weighted by molar-refractivity contribution is 7.90. The molecule has 1 aliphatic heterocycles. The molecule has 2 N–H and O–H groups in total. The highest BCUT2D eigenvalue weighted by Gasteiger charge is 2.31. The number of urea groups is 1. The van der Waals surface area contributed by atoms with Crippen molar-refractivity contribution in [3.8, 4) is 5.88 Å². The van der Waals surface area contributed by atoms with E-state index in [0.29, 0.717) is 13.2 Å². The van der Waals surface area contributed by atoms with Gasteiger partial charge in [-0.15, -0.1) is 0 Å². The van der Waals surface area contributed by atoms with Gasteiger partial charge >= 0.3 is 6.03 Å². The Morgan fingerprint density at radius 3 is 2.54 bits per heavy atom. The van der Waals surface area contributed by atoms with E-state index in [4.69, 9.17) is 4.74 Å². The molecule has 0 atom stereocenters. The number of hydrogen-bond donors (Lipinski definition) is 2. The van der Waals surface area contributed by atoms with Crippen LogP contribution in [-0.4, -0.2) is 30.6 Å². The Hall–Kier alpha value is -2.55. The van der Waals surface area contributed by atoms with Crippen molar-refractivity contribution in [3.63, 3.8) is 0 Å². The Bertz CT molecular complexity index is 1010. The van der Waals surface area contributed by atoms with Gasteiger partial charge in [0.05, 0.1) is 12.9 Å². The second-order valence-corrected chi connectivity index (χ2v) is 8.43. The summed E-state index contributed by atoms with van der Waals surface area (Å²) in [6.07, 6.45) is 6.05. The second-order valence-electron chi connectivity index (χ2n) is 6.84. The van der Waals surface area contributed by atoms with Crippen molar-refractivity contribution in [2.45, 2.75) is 43.7 Å². The maximum Gasteiger partial charge on any atom is 0.333 e. The molecular weight excluding hydrogens is 356 g/mol. The van der Waals surface area contributed by atoms with E-state index < -0.39 is 16.1 Å². The van der Waals surface area contributed by atoms with Crippen LogP contribution in [0.15, 0.2) is 17.4 Å². The van der Waals surface area contributed by atoms with E-state index in [1.54, 1.807) is 4.57 Å². The Labute approximate surface area is 150 Å². The minimum absolute atomic E-state index is 0.185. The average Bonchev–Trinajstić information content (AvgIpc) is 2.96. The van der Waals surface area contributed by atoms with Crippen molar-refractivity contribution >= 4 is 21.7 Å². The predicted octanol–water partition coefficient (Wildman–Crippen LogP) is 1.37. The Kier molecular flexibility index (Phi) is 3.30. The fraction of sp³-hybridized carbons (Fsp3) is 0.412. The first-order valence-electron chi connectivity index (χ1n) is 8.71. The van der Waals surface area contributed by atoms with Crippen LogP contribution < -0.4 is 14.8 Å². The van der Waals surface area contributed by atoms with Crippen LogP contribution in [0, 0.1) is 0 Å². The summed E-state index contributed by atoms with van der Waals surface area (Å²) in [5.41, 5.74) is 5.53. The van der Waals surface area contributed by atoms with Gasteiger partial charge in [0.15, 0.2) is 0 Å². The molecule has 2 aliphatic carbocycles. The summed E-state index contributed by atoms with van der Waals surface area (Å²) < 4.78 is 34.3. The number of rotatable bonds is 3. The molecule has 136 valence electrons. The number of nitrogens with one attached hydrogen (secondary N) is 2. The zero-order valence-electron chi connectivity index (χ0n) is 14.0. The first kappa shape index (κ1) is 15.7. The van der Waals surface area contributed by atoms with Gasteiger partial charge in [-0.3, -0.25) is 0 Å². The molecule has 0 unspecified atom stereocenters. The van der Waals surface area contributed by atoms with Crippen LogP contribution in [0.5, 0.6) is 5.88 Å². The minimum atomic E-state index is -4.11. The molecule has 0 radical (unpaired) electrons. The predicted molar refractivity (Wildman–Crippen MR) is 92.9 cm³/mol. The minimum Gasteiger partial charge on any atom is -0.477 e. The van der Waals surface area contributed by atoms with Crippen LogP contribution in [0.4, 0.5) is 10.5 Å². The fourth-order valence-electron chi connectivity index (χ4n) is 3.78. The first-order valence-corrected chi connectivity index (χ1v) is 10.2. The Morgan fingerprint density at radius 1 is 1.15 bits per heavy atom. The molecule has 9 heteroatoms. The number of amides is 2. The molecule has 2 aromatic rings. The normalized spacial score (nSPS) is 16.9. The quantitative estimate of drug-likeness (QED) is 0.845. The number of aryl methyl sites for hydroxylation is 3. The molecule has 0 saturated heterocycles. The highest BCUT2D eigenvalue weighted by Crippen LogP contribution is 2.40. The molecular formula is C17H18N4O4S. The molecule has 1 aromatic heterocycles. The van der Waals surface area contributed by atoms with Gasteiger partial charge in [0.1, 0.15) is 0 Å². The third-order valence-electron chi connectivity index (χ3n) is 5.28. The third kappa shape index (κ3) is 2.30. The van der Waals surface area contributed by atoms with Crippen LogP contribution in [0.2, 0.25) is 0 Å². The van der Waals surface area contributed by atoms with E-state index >= 15 is 0 Å². The zero-order chi connectivity index (χ0) is 17.9. The second kappa shape index (κ2) is 5.47. The van der Waals surface area contributed by atoms with Gasteiger partial charge in [-0.05, 0) is 54.4 Å². The molecule has 5 rings (SSSR count).